The van der Waals surface area contributed by atoms with Gasteiger partial charge in [-0.05, 0) is 30.3 Å². The number of carboxylic acid groups (broad SMARTS) is 1. The average molecular weight is 370 g/mol. The summed E-state index contributed by atoms with van der Waals surface area (Å²) in [5.74, 6) is -4.55. The van der Waals surface area contributed by atoms with E-state index in [1.165, 1.54) is 19.1 Å². The van der Waals surface area contributed by atoms with Crippen molar-refractivity contribution in [1.29, 1.82) is 0 Å². The molecule has 0 aliphatic heterocycles. The van der Waals surface area contributed by atoms with E-state index in [0.29, 0.717) is 17.8 Å². The first-order valence-electron chi connectivity index (χ1n) is 6.73. The average Bonchev–Trinajstić information content (AvgIpc) is 2.50. The van der Waals surface area contributed by atoms with E-state index < -0.39 is 38.9 Å². The van der Waals surface area contributed by atoms with E-state index in [4.69, 9.17) is 5.11 Å². The highest BCUT2D eigenvalue weighted by atomic mass is 32.2. The minimum Gasteiger partial charge on any atom is -0.478 e. The van der Waals surface area contributed by atoms with Crippen molar-refractivity contribution in [1.82, 2.24) is 0 Å². The van der Waals surface area contributed by atoms with Gasteiger partial charge in [0, 0.05) is 18.7 Å². The van der Waals surface area contributed by atoms with Crippen molar-refractivity contribution in [3.05, 3.63) is 53.6 Å². The van der Waals surface area contributed by atoms with Gasteiger partial charge >= 0.3 is 5.97 Å². The fourth-order valence-electron chi connectivity index (χ4n) is 1.91. The lowest BCUT2D eigenvalue weighted by atomic mass is 10.2. The fourth-order valence-corrected chi connectivity index (χ4v) is 2.97. The Morgan fingerprint density at radius 2 is 1.64 bits per heavy atom. The van der Waals surface area contributed by atoms with Gasteiger partial charge < -0.3 is 10.4 Å². The van der Waals surface area contributed by atoms with E-state index in [1.54, 1.807) is 0 Å². The Kier molecular flexibility index (Phi) is 5.02. The van der Waals surface area contributed by atoms with Crippen LogP contribution in [0.3, 0.4) is 0 Å². The van der Waals surface area contributed by atoms with Crippen LogP contribution in [0.2, 0.25) is 0 Å². The van der Waals surface area contributed by atoms with Gasteiger partial charge in [-0.2, -0.15) is 0 Å². The molecule has 10 heteroatoms. The number of benzene rings is 2. The summed E-state index contributed by atoms with van der Waals surface area (Å²) in [7, 11) is -4.25. The van der Waals surface area contributed by atoms with Crippen LogP contribution in [0.25, 0.3) is 0 Å². The molecule has 0 fully saturated rings. The quantitative estimate of drug-likeness (QED) is 0.748. The van der Waals surface area contributed by atoms with E-state index in [2.05, 4.69) is 5.32 Å². The molecule has 0 aliphatic carbocycles. The van der Waals surface area contributed by atoms with Crippen molar-refractivity contribution in [2.45, 2.75) is 11.8 Å². The molecule has 2 rings (SSSR count). The Balaban J connectivity index is 2.31. The second-order valence-electron chi connectivity index (χ2n) is 4.93. The van der Waals surface area contributed by atoms with Crippen LogP contribution in [0.15, 0.2) is 41.3 Å². The summed E-state index contributed by atoms with van der Waals surface area (Å²) in [6.07, 6.45) is 0. The smallest absolute Gasteiger partial charge is 0.338 e. The van der Waals surface area contributed by atoms with Gasteiger partial charge in [0.15, 0.2) is 0 Å². The lowest BCUT2D eigenvalue weighted by Crippen LogP contribution is -2.15. The topological polar surface area (TPSA) is 113 Å². The Labute approximate surface area is 141 Å². The number of carbonyl (C=O) groups excluding carboxylic acids is 1. The second kappa shape index (κ2) is 6.85. The molecular formula is C15H12F2N2O5S. The SMILES string of the molecule is CC(=O)Nc1ccc(S(=O)(=O)Nc2cc(F)c(C(=O)O)cc2F)cc1. The highest BCUT2D eigenvalue weighted by molar-refractivity contribution is 7.92. The Hall–Kier alpha value is -3.01. The number of hydrogen-bond donors (Lipinski definition) is 3. The molecule has 0 saturated carbocycles. The molecule has 7 nitrogen and oxygen atoms in total. The summed E-state index contributed by atoms with van der Waals surface area (Å²) < 4.78 is 53.7. The molecule has 2 aromatic rings. The number of rotatable bonds is 5. The summed E-state index contributed by atoms with van der Waals surface area (Å²) in [6.45, 7) is 1.28. The maximum Gasteiger partial charge on any atom is 0.338 e. The highest BCUT2D eigenvalue weighted by Gasteiger charge is 2.20. The van der Waals surface area contributed by atoms with Gasteiger partial charge in [0.25, 0.3) is 10.0 Å². The zero-order valence-electron chi connectivity index (χ0n) is 12.7. The van der Waals surface area contributed by atoms with Crippen LogP contribution in [0.5, 0.6) is 0 Å². The number of carbonyl (C=O) groups is 2. The predicted molar refractivity (Wildman–Crippen MR) is 84.9 cm³/mol. The number of sulfonamides is 1. The number of carboxylic acids is 1. The highest BCUT2D eigenvalue weighted by Crippen LogP contribution is 2.23. The predicted octanol–water partition coefficient (Wildman–Crippen LogP) is 2.42. The summed E-state index contributed by atoms with van der Waals surface area (Å²) in [5, 5.41) is 11.2. The molecule has 25 heavy (non-hydrogen) atoms. The van der Waals surface area contributed by atoms with E-state index in [9.17, 15) is 26.8 Å². The molecule has 0 unspecified atom stereocenters. The zero-order valence-corrected chi connectivity index (χ0v) is 13.5. The minimum atomic E-state index is -4.25. The van der Waals surface area contributed by atoms with Gasteiger partial charge in [-0.3, -0.25) is 9.52 Å². The molecule has 0 spiro atoms. The number of anilines is 2. The molecular weight excluding hydrogens is 358 g/mol. The largest absolute Gasteiger partial charge is 0.478 e. The van der Waals surface area contributed by atoms with Crippen LogP contribution >= 0.6 is 0 Å². The second-order valence-corrected chi connectivity index (χ2v) is 6.61. The van der Waals surface area contributed by atoms with Gasteiger partial charge in [-0.1, -0.05) is 0 Å². The third-order valence-corrected chi connectivity index (χ3v) is 4.40. The van der Waals surface area contributed by atoms with Crippen molar-refractivity contribution in [2.75, 3.05) is 10.0 Å². The summed E-state index contributed by atoms with van der Waals surface area (Å²) in [6, 6.07) is 5.79. The molecule has 0 saturated heterocycles. The van der Waals surface area contributed by atoms with Crippen molar-refractivity contribution < 1.29 is 31.9 Å². The van der Waals surface area contributed by atoms with Crippen LogP contribution in [0.1, 0.15) is 17.3 Å². The van der Waals surface area contributed by atoms with Crippen LogP contribution in [0.4, 0.5) is 20.2 Å². The maximum absolute atomic E-state index is 13.8. The van der Waals surface area contributed by atoms with Gasteiger partial charge in [-0.15, -0.1) is 0 Å². The number of halogens is 2. The normalized spacial score (nSPS) is 11.0. The third kappa shape index (κ3) is 4.29. The van der Waals surface area contributed by atoms with Crippen molar-refractivity contribution in [3.8, 4) is 0 Å². The van der Waals surface area contributed by atoms with Crippen molar-refractivity contribution >= 4 is 33.3 Å². The number of nitrogens with one attached hydrogen (secondary N) is 2. The molecule has 2 aromatic carbocycles. The van der Waals surface area contributed by atoms with Crippen molar-refractivity contribution in [2.24, 2.45) is 0 Å². The van der Waals surface area contributed by atoms with Gasteiger partial charge in [0.1, 0.15) is 11.6 Å². The van der Waals surface area contributed by atoms with Crippen LogP contribution in [-0.2, 0) is 14.8 Å². The van der Waals surface area contributed by atoms with E-state index in [0.717, 1.165) is 12.1 Å². The minimum absolute atomic E-state index is 0.260. The van der Waals surface area contributed by atoms with Gasteiger partial charge in [0.05, 0.1) is 16.1 Å². The lowest BCUT2D eigenvalue weighted by molar-refractivity contribution is -0.114. The van der Waals surface area contributed by atoms with Crippen LogP contribution in [-0.4, -0.2) is 25.4 Å². The maximum atomic E-state index is 13.8. The van der Waals surface area contributed by atoms with E-state index in [-0.39, 0.29) is 10.8 Å². The van der Waals surface area contributed by atoms with Gasteiger partial charge in [0.2, 0.25) is 5.91 Å². The number of aromatic carboxylic acids is 1. The molecule has 0 atom stereocenters. The van der Waals surface area contributed by atoms with Crippen molar-refractivity contribution in [3.63, 3.8) is 0 Å². The monoisotopic (exact) mass is 370 g/mol. The molecule has 132 valence electrons. The molecule has 0 heterocycles. The Bertz CT molecular complexity index is 943. The molecule has 3 N–H and O–H groups in total. The Morgan fingerprint density at radius 3 is 2.16 bits per heavy atom. The molecule has 0 radical (unpaired) electrons. The first-order valence-corrected chi connectivity index (χ1v) is 8.21. The summed E-state index contributed by atoms with van der Waals surface area (Å²) >= 11 is 0. The molecule has 0 aromatic heterocycles. The molecule has 0 bridgehead atoms. The van der Waals surface area contributed by atoms with E-state index in [1.807, 2.05) is 4.72 Å². The molecule has 0 aliphatic rings. The fraction of sp³-hybridized carbons (Fsp3) is 0.0667. The zero-order chi connectivity index (χ0) is 18.8. The Morgan fingerprint density at radius 1 is 1.04 bits per heavy atom. The van der Waals surface area contributed by atoms with Crippen LogP contribution < -0.4 is 10.0 Å². The number of hydrogen-bond acceptors (Lipinski definition) is 4. The summed E-state index contributed by atoms with van der Waals surface area (Å²) in [5.41, 5.74) is -1.29. The van der Waals surface area contributed by atoms with Crippen LogP contribution in [0, 0.1) is 11.6 Å². The standard InChI is InChI=1S/C15H12F2N2O5S/c1-8(20)18-9-2-4-10(5-3-9)25(23,24)19-14-7-12(16)11(15(21)22)6-13(14)17/h2-7,19H,1H3,(H,18,20)(H,21,22). The van der Waals surface area contributed by atoms with Gasteiger partial charge in [-0.25, -0.2) is 22.0 Å². The third-order valence-electron chi connectivity index (χ3n) is 3.02. The first-order chi connectivity index (χ1) is 11.6. The lowest BCUT2D eigenvalue weighted by Gasteiger charge is -2.11. The number of amides is 1. The molecule has 1 amide bonds. The first kappa shape index (κ1) is 18.3. The summed E-state index contributed by atoms with van der Waals surface area (Å²) in [4.78, 5) is 21.4. The van der Waals surface area contributed by atoms with E-state index >= 15 is 0 Å².